The smallest absolute Gasteiger partial charge is 0.253 e. The van der Waals surface area contributed by atoms with Crippen LogP contribution in [0.5, 0.6) is 17.2 Å². The van der Waals surface area contributed by atoms with Gasteiger partial charge in [-0.1, -0.05) is 24.3 Å². The number of nitrogens with zero attached hydrogens (tertiary/aromatic N) is 1. The number of H-pyrrole nitrogens is 1. The fourth-order valence-corrected chi connectivity index (χ4v) is 5.04. The highest BCUT2D eigenvalue weighted by molar-refractivity contribution is 6.10. The number of carbonyl (C=O) groups excluding carboxylic acids is 1. The number of aromatic nitrogens is 1. The maximum atomic E-state index is 12.9. The number of aromatic amines is 1. The van der Waals surface area contributed by atoms with Crippen LogP contribution in [-0.2, 0) is 0 Å². The molecule has 0 saturated carbocycles. The van der Waals surface area contributed by atoms with E-state index in [1.165, 1.54) is 0 Å². The van der Waals surface area contributed by atoms with Crippen molar-refractivity contribution in [2.45, 2.75) is 25.0 Å². The lowest BCUT2D eigenvalue weighted by Crippen LogP contribution is -2.47. The number of rotatable bonds is 7. The Morgan fingerprint density at radius 1 is 1.06 bits per heavy atom. The summed E-state index contributed by atoms with van der Waals surface area (Å²) in [6.07, 6.45) is 1.02. The maximum absolute atomic E-state index is 12.9. The first-order valence-corrected chi connectivity index (χ1v) is 12.4. The van der Waals surface area contributed by atoms with Crippen molar-refractivity contribution in [2.75, 3.05) is 33.0 Å². The van der Waals surface area contributed by atoms with Gasteiger partial charge in [-0.2, -0.15) is 0 Å². The number of piperidine rings is 1. The van der Waals surface area contributed by atoms with Gasteiger partial charge in [-0.3, -0.25) is 4.79 Å². The van der Waals surface area contributed by atoms with Crippen LogP contribution in [0.3, 0.4) is 0 Å². The van der Waals surface area contributed by atoms with E-state index in [4.69, 9.17) is 14.2 Å². The molecule has 3 heterocycles. The van der Waals surface area contributed by atoms with E-state index in [-0.39, 0.29) is 25.3 Å². The zero-order valence-corrected chi connectivity index (χ0v) is 19.9. The molecule has 8 nitrogen and oxygen atoms in total. The highest BCUT2D eigenvalue weighted by Gasteiger charge is 2.25. The lowest BCUT2D eigenvalue weighted by atomic mass is 10.0. The van der Waals surface area contributed by atoms with Gasteiger partial charge < -0.3 is 34.5 Å². The molecule has 1 fully saturated rings. The molecule has 1 atom stereocenters. The molecular formula is C28H29N3O5. The molecule has 0 bridgehead atoms. The third-order valence-corrected chi connectivity index (χ3v) is 6.97. The highest BCUT2D eigenvalue weighted by atomic mass is 16.7. The molecule has 1 saturated heterocycles. The van der Waals surface area contributed by atoms with Crippen molar-refractivity contribution in [3.8, 4) is 17.2 Å². The van der Waals surface area contributed by atoms with Crippen LogP contribution in [0.4, 0.5) is 0 Å². The normalized spacial score (nSPS) is 16.5. The summed E-state index contributed by atoms with van der Waals surface area (Å²) in [6.45, 7) is 2.16. The van der Waals surface area contributed by atoms with Gasteiger partial charge in [-0.25, -0.2) is 0 Å². The predicted molar refractivity (Wildman–Crippen MR) is 137 cm³/mol. The van der Waals surface area contributed by atoms with Crippen LogP contribution in [0.25, 0.3) is 21.8 Å². The van der Waals surface area contributed by atoms with E-state index in [0.717, 1.165) is 40.4 Å². The van der Waals surface area contributed by atoms with Crippen LogP contribution in [0.15, 0.2) is 60.7 Å². The van der Waals surface area contributed by atoms with Crippen molar-refractivity contribution in [2.24, 2.45) is 0 Å². The number of likely N-dealkylation sites (tertiary alicyclic amines) is 1. The third-order valence-electron chi connectivity index (χ3n) is 6.97. The summed E-state index contributed by atoms with van der Waals surface area (Å²) >= 11 is 0. The van der Waals surface area contributed by atoms with Crippen LogP contribution in [0.2, 0.25) is 0 Å². The van der Waals surface area contributed by atoms with E-state index in [2.05, 4.69) is 16.4 Å². The van der Waals surface area contributed by atoms with Crippen molar-refractivity contribution in [1.82, 2.24) is 15.2 Å². The average molecular weight is 488 g/mol. The van der Waals surface area contributed by atoms with Gasteiger partial charge in [-0.05, 0) is 49.2 Å². The summed E-state index contributed by atoms with van der Waals surface area (Å²) in [5.41, 5.74) is 2.70. The fourth-order valence-electron chi connectivity index (χ4n) is 5.04. The maximum Gasteiger partial charge on any atom is 0.253 e. The van der Waals surface area contributed by atoms with Crippen molar-refractivity contribution in [1.29, 1.82) is 0 Å². The van der Waals surface area contributed by atoms with Gasteiger partial charge in [0.25, 0.3) is 5.91 Å². The predicted octanol–water partition coefficient (Wildman–Crippen LogP) is 3.68. The molecule has 0 aliphatic carbocycles. The number of carbonyl (C=O) groups is 1. The second kappa shape index (κ2) is 9.72. The number of amides is 1. The standard InChI is InChI=1S/C28H29N3O5/c32-20(16-34-25-7-3-6-23-27(25)21-4-1-2-5-22(21)30-23)15-29-19-10-12-31(13-11-19)28(33)18-8-9-24-26(14-18)36-17-35-24/h1-9,14,19-20,29-30,32H,10-13,15-17H2. The number of aliphatic hydroxyl groups excluding tert-OH is 1. The monoisotopic (exact) mass is 487 g/mol. The molecular weight excluding hydrogens is 458 g/mol. The van der Waals surface area contributed by atoms with Gasteiger partial charge in [0, 0.05) is 47.5 Å². The Balaban J connectivity index is 0.989. The number of fused-ring (bicyclic) bond motifs is 4. The molecule has 1 aromatic heterocycles. The van der Waals surface area contributed by atoms with Crippen LogP contribution in [-0.4, -0.2) is 66.1 Å². The van der Waals surface area contributed by atoms with Crippen LogP contribution < -0.4 is 19.5 Å². The average Bonchev–Trinajstić information content (AvgIpc) is 3.55. The minimum absolute atomic E-state index is 0.00615. The Morgan fingerprint density at radius 3 is 2.75 bits per heavy atom. The van der Waals surface area contributed by atoms with Crippen molar-refractivity contribution < 1.29 is 24.1 Å². The minimum Gasteiger partial charge on any atom is -0.490 e. The zero-order chi connectivity index (χ0) is 24.5. The molecule has 2 aliphatic rings. The second-order valence-corrected chi connectivity index (χ2v) is 9.36. The number of nitrogens with one attached hydrogen (secondary N) is 2. The first kappa shape index (κ1) is 22.7. The molecule has 4 aromatic rings. The summed E-state index contributed by atoms with van der Waals surface area (Å²) in [7, 11) is 0. The van der Waals surface area contributed by atoms with E-state index in [1.807, 2.05) is 41.3 Å². The Hall–Kier alpha value is -3.75. The van der Waals surface area contributed by atoms with E-state index in [0.29, 0.717) is 36.7 Å². The molecule has 8 heteroatoms. The molecule has 6 rings (SSSR count). The third kappa shape index (κ3) is 4.45. The molecule has 3 N–H and O–H groups in total. The van der Waals surface area contributed by atoms with Gasteiger partial charge in [0.2, 0.25) is 6.79 Å². The first-order chi connectivity index (χ1) is 17.7. The lowest BCUT2D eigenvalue weighted by Gasteiger charge is -2.33. The van der Waals surface area contributed by atoms with Gasteiger partial charge in [0.1, 0.15) is 18.5 Å². The highest BCUT2D eigenvalue weighted by Crippen LogP contribution is 2.34. The Labute approximate surface area is 208 Å². The van der Waals surface area contributed by atoms with Crippen molar-refractivity contribution in [3.05, 3.63) is 66.2 Å². The molecule has 3 aromatic carbocycles. The van der Waals surface area contributed by atoms with Gasteiger partial charge in [0.15, 0.2) is 11.5 Å². The van der Waals surface area contributed by atoms with E-state index in [1.54, 1.807) is 18.2 Å². The number of hydrogen-bond donors (Lipinski definition) is 3. The number of benzene rings is 3. The Kier molecular flexibility index (Phi) is 6.13. The summed E-state index contributed by atoms with van der Waals surface area (Å²) in [5.74, 6) is 2.07. The number of para-hydroxylation sites is 1. The van der Waals surface area contributed by atoms with E-state index < -0.39 is 6.10 Å². The van der Waals surface area contributed by atoms with Crippen molar-refractivity contribution in [3.63, 3.8) is 0 Å². The molecule has 1 amide bonds. The molecule has 186 valence electrons. The largest absolute Gasteiger partial charge is 0.490 e. The summed E-state index contributed by atoms with van der Waals surface area (Å²) in [5, 5.41) is 16.1. The van der Waals surface area contributed by atoms with Crippen LogP contribution in [0.1, 0.15) is 23.2 Å². The van der Waals surface area contributed by atoms with Crippen LogP contribution >= 0.6 is 0 Å². The molecule has 36 heavy (non-hydrogen) atoms. The molecule has 0 spiro atoms. The molecule has 0 radical (unpaired) electrons. The van der Waals surface area contributed by atoms with Gasteiger partial charge in [-0.15, -0.1) is 0 Å². The molecule has 1 unspecified atom stereocenters. The lowest BCUT2D eigenvalue weighted by molar-refractivity contribution is 0.0686. The Morgan fingerprint density at radius 2 is 1.86 bits per heavy atom. The van der Waals surface area contributed by atoms with Gasteiger partial charge in [0.05, 0.1) is 5.52 Å². The zero-order valence-electron chi connectivity index (χ0n) is 19.9. The fraction of sp³-hybridized carbons (Fsp3) is 0.321. The topological polar surface area (TPSA) is 96.1 Å². The summed E-state index contributed by atoms with van der Waals surface area (Å²) in [4.78, 5) is 18.2. The van der Waals surface area contributed by atoms with Crippen molar-refractivity contribution >= 4 is 27.7 Å². The number of ether oxygens (including phenoxy) is 3. The second-order valence-electron chi connectivity index (χ2n) is 9.36. The van der Waals surface area contributed by atoms with E-state index >= 15 is 0 Å². The quantitative estimate of drug-likeness (QED) is 0.368. The Bertz CT molecular complexity index is 1390. The minimum atomic E-state index is -0.640. The molecule has 2 aliphatic heterocycles. The SMILES string of the molecule is O=C(c1ccc2c(c1)OCO2)N1CCC(NCC(O)COc2cccc3[nH]c4ccccc4c23)CC1. The first-order valence-electron chi connectivity index (χ1n) is 12.4. The number of aliphatic hydroxyl groups is 1. The van der Waals surface area contributed by atoms with Gasteiger partial charge >= 0.3 is 0 Å². The van der Waals surface area contributed by atoms with Crippen LogP contribution in [0, 0.1) is 0 Å². The summed E-state index contributed by atoms with van der Waals surface area (Å²) in [6, 6.07) is 19.6. The van der Waals surface area contributed by atoms with E-state index in [9.17, 15) is 9.90 Å². The summed E-state index contributed by atoms with van der Waals surface area (Å²) < 4.78 is 16.8. The number of hydrogen-bond acceptors (Lipinski definition) is 6.